The van der Waals surface area contributed by atoms with Gasteiger partial charge >= 0.3 is 6.09 Å². The van der Waals surface area contributed by atoms with E-state index in [4.69, 9.17) is 23.7 Å². The van der Waals surface area contributed by atoms with E-state index < -0.39 is 63.3 Å². The molecular weight excluding hydrogens is 430 g/mol. The zero-order valence-corrected chi connectivity index (χ0v) is 19.8. The summed E-state index contributed by atoms with van der Waals surface area (Å²) in [5, 5.41) is 39.9. The third-order valence-electron chi connectivity index (χ3n) is 5.57. The number of carbonyl (C=O) groups is 1. The minimum absolute atomic E-state index is 0.0502. The predicted molar refractivity (Wildman–Crippen MR) is 111 cm³/mol. The molecule has 2 aliphatic heterocycles. The monoisotopic (exact) mass is 467 g/mol. The molecule has 182 valence electrons. The third kappa shape index (κ3) is 7.34. The van der Waals surface area contributed by atoms with E-state index in [9.17, 15) is 25.2 Å². The Morgan fingerprint density at radius 1 is 1.16 bits per heavy atom. The standard InChI is InChI=1S/C19H37NO10Si/c1-20(19(25)27-6-7-31(3,4)5)11-9-28-14(8-12(11)21)29-10-13-17(26-2)15(22)16(23)18(24)30-13/h11-18,21-24H,6-10H2,1-5H3/t11-,12-,13+,14+,15+,16+,17+,18+/m0/s1. The molecule has 12 heteroatoms. The summed E-state index contributed by atoms with van der Waals surface area (Å²) in [5.74, 6) is 0. The van der Waals surface area contributed by atoms with Gasteiger partial charge in [0.15, 0.2) is 12.6 Å². The zero-order valence-electron chi connectivity index (χ0n) is 18.8. The number of aliphatic hydroxyl groups is 4. The molecule has 0 aromatic rings. The second-order valence-electron chi connectivity index (χ2n) is 9.25. The van der Waals surface area contributed by atoms with Gasteiger partial charge in [-0.3, -0.25) is 0 Å². The average molecular weight is 468 g/mol. The summed E-state index contributed by atoms with van der Waals surface area (Å²) in [5.41, 5.74) is 0. The van der Waals surface area contributed by atoms with Crippen molar-refractivity contribution in [1.82, 2.24) is 4.90 Å². The molecule has 0 aromatic carbocycles. The van der Waals surface area contributed by atoms with Gasteiger partial charge in [0.1, 0.15) is 24.4 Å². The number of carbonyl (C=O) groups excluding carboxylic acids is 1. The first kappa shape index (κ1) is 26.4. The lowest BCUT2D eigenvalue weighted by atomic mass is 9.99. The maximum atomic E-state index is 12.3. The van der Waals surface area contributed by atoms with Crippen molar-refractivity contribution in [3.05, 3.63) is 0 Å². The number of ether oxygens (including phenoxy) is 5. The SMILES string of the molecule is CO[C@H]1[C@H](O)[C@@H](O)[C@H](O)O[C@@H]1CO[C@@H]1C[C@H](O)[C@@H](N(C)C(=O)OCC[Si](C)(C)C)CO1. The summed E-state index contributed by atoms with van der Waals surface area (Å²) >= 11 is 0. The molecule has 2 fully saturated rings. The second kappa shape index (κ2) is 11.3. The van der Waals surface area contributed by atoms with Gasteiger partial charge in [-0.1, -0.05) is 19.6 Å². The molecule has 4 N–H and O–H groups in total. The van der Waals surface area contributed by atoms with Gasteiger partial charge in [-0.2, -0.15) is 0 Å². The third-order valence-corrected chi connectivity index (χ3v) is 7.28. The number of methoxy groups -OCH3 is 1. The van der Waals surface area contributed by atoms with Gasteiger partial charge in [0.05, 0.1) is 32.0 Å². The van der Waals surface area contributed by atoms with Crippen molar-refractivity contribution in [2.75, 3.05) is 34.0 Å². The molecular formula is C19H37NO10Si. The largest absolute Gasteiger partial charge is 0.450 e. The Bertz CT molecular complexity index is 576. The van der Waals surface area contributed by atoms with E-state index in [0.717, 1.165) is 6.04 Å². The minimum Gasteiger partial charge on any atom is -0.450 e. The number of amides is 1. The maximum absolute atomic E-state index is 12.3. The number of hydrogen-bond donors (Lipinski definition) is 4. The molecule has 31 heavy (non-hydrogen) atoms. The van der Waals surface area contributed by atoms with E-state index >= 15 is 0 Å². The molecule has 1 amide bonds. The fourth-order valence-electron chi connectivity index (χ4n) is 3.45. The fraction of sp³-hybridized carbons (Fsp3) is 0.947. The van der Waals surface area contributed by atoms with Crippen molar-refractivity contribution in [2.24, 2.45) is 0 Å². The molecule has 0 spiro atoms. The first-order valence-corrected chi connectivity index (χ1v) is 14.2. The van der Waals surface area contributed by atoms with Crippen LogP contribution in [0.4, 0.5) is 4.79 Å². The van der Waals surface area contributed by atoms with Crippen molar-refractivity contribution in [3.8, 4) is 0 Å². The molecule has 0 aliphatic carbocycles. The number of aliphatic hydroxyl groups excluding tert-OH is 4. The summed E-state index contributed by atoms with van der Waals surface area (Å²) in [4.78, 5) is 13.6. The highest BCUT2D eigenvalue weighted by molar-refractivity contribution is 6.76. The van der Waals surface area contributed by atoms with Crippen LogP contribution in [0.25, 0.3) is 0 Å². The van der Waals surface area contributed by atoms with Crippen LogP contribution in [-0.2, 0) is 23.7 Å². The molecule has 2 rings (SSSR count). The lowest BCUT2D eigenvalue weighted by Gasteiger charge is -2.41. The molecule has 11 nitrogen and oxygen atoms in total. The first-order valence-electron chi connectivity index (χ1n) is 10.5. The molecule has 2 aliphatic rings. The van der Waals surface area contributed by atoms with Crippen LogP contribution in [0.1, 0.15) is 6.42 Å². The van der Waals surface area contributed by atoms with E-state index in [1.54, 1.807) is 7.05 Å². The summed E-state index contributed by atoms with van der Waals surface area (Å²) < 4.78 is 27.0. The Kier molecular flexibility index (Phi) is 9.67. The van der Waals surface area contributed by atoms with Crippen LogP contribution < -0.4 is 0 Å². The summed E-state index contributed by atoms with van der Waals surface area (Å²) in [6, 6.07) is 0.286. The van der Waals surface area contributed by atoms with Crippen LogP contribution in [-0.4, -0.2) is 123 Å². The summed E-state index contributed by atoms with van der Waals surface area (Å²) in [6.45, 7) is 6.88. The predicted octanol–water partition coefficient (Wildman–Crippen LogP) is -0.660. The molecule has 0 aromatic heterocycles. The quantitative estimate of drug-likeness (QED) is 0.339. The topological polar surface area (TPSA) is 147 Å². The summed E-state index contributed by atoms with van der Waals surface area (Å²) in [6.07, 6.45) is -8.22. The van der Waals surface area contributed by atoms with Gasteiger partial charge in [-0.05, 0) is 6.04 Å². The molecule has 2 heterocycles. The Labute approximate surface area is 183 Å². The highest BCUT2D eigenvalue weighted by Gasteiger charge is 2.45. The molecule has 0 unspecified atom stereocenters. The van der Waals surface area contributed by atoms with Gasteiger partial charge in [0.25, 0.3) is 0 Å². The fourth-order valence-corrected chi connectivity index (χ4v) is 4.17. The van der Waals surface area contributed by atoms with E-state index in [-0.39, 0.29) is 19.6 Å². The first-order chi connectivity index (χ1) is 14.4. The molecule has 0 radical (unpaired) electrons. The number of nitrogens with zero attached hydrogens (tertiary/aromatic N) is 1. The van der Waals surface area contributed by atoms with Gasteiger partial charge in [-0.25, -0.2) is 4.79 Å². The van der Waals surface area contributed by atoms with Crippen molar-refractivity contribution in [3.63, 3.8) is 0 Å². The summed E-state index contributed by atoms with van der Waals surface area (Å²) in [7, 11) is 1.59. The zero-order chi connectivity index (χ0) is 23.3. The Hall–Kier alpha value is -0.833. The van der Waals surface area contributed by atoms with Crippen molar-refractivity contribution in [2.45, 2.75) is 81.2 Å². The molecule has 0 saturated carbocycles. The second-order valence-corrected chi connectivity index (χ2v) is 14.9. The molecule has 0 bridgehead atoms. The van der Waals surface area contributed by atoms with Gasteiger partial charge in [0, 0.05) is 28.7 Å². The smallest absolute Gasteiger partial charge is 0.409 e. The normalized spacial score (nSPS) is 36.8. The average Bonchev–Trinajstić information content (AvgIpc) is 2.69. The van der Waals surface area contributed by atoms with Crippen LogP contribution in [0.5, 0.6) is 0 Å². The van der Waals surface area contributed by atoms with Gasteiger partial charge in [-0.15, -0.1) is 0 Å². The number of likely N-dealkylation sites (N-methyl/N-ethyl adjacent to an activating group) is 1. The van der Waals surface area contributed by atoms with E-state index in [2.05, 4.69) is 19.6 Å². The van der Waals surface area contributed by atoms with Crippen molar-refractivity contribution < 1.29 is 48.9 Å². The van der Waals surface area contributed by atoms with Crippen LogP contribution in [0.15, 0.2) is 0 Å². The molecule has 2 saturated heterocycles. The highest BCUT2D eigenvalue weighted by atomic mass is 28.3. The van der Waals surface area contributed by atoms with Crippen LogP contribution >= 0.6 is 0 Å². The van der Waals surface area contributed by atoms with E-state index in [1.165, 1.54) is 12.0 Å². The van der Waals surface area contributed by atoms with E-state index in [0.29, 0.717) is 6.61 Å². The minimum atomic E-state index is -1.57. The Morgan fingerprint density at radius 3 is 2.42 bits per heavy atom. The van der Waals surface area contributed by atoms with E-state index in [1.807, 2.05) is 0 Å². The lowest BCUT2D eigenvalue weighted by molar-refractivity contribution is -0.303. The van der Waals surface area contributed by atoms with Crippen LogP contribution in [0.3, 0.4) is 0 Å². The van der Waals surface area contributed by atoms with Crippen molar-refractivity contribution >= 4 is 14.2 Å². The van der Waals surface area contributed by atoms with Crippen LogP contribution in [0.2, 0.25) is 25.7 Å². The Morgan fingerprint density at radius 2 is 1.84 bits per heavy atom. The maximum Gasteiger partial charge on any atom is 0.409 e. The number of rotatable bonds is 8. The van der Waals surface area contributed by atoms with Crippen molar-refractivity contribution in [1.29, 1.82) is 0 Å². The number of hydrogen-bond acceptors (Lipinski definition) is 10. The lowest BCUT2D eigenvalue weighted by Crippen LogP contribution is -2.59. The van der Waals surface area contributed by atoms with Gasteiger partial charge in [0.2, 0.25) is 0 Å². The Balaban J connectivity index is 1.80. The highest BCUT2D eigenvalue weighted by Crippen LogP contribution is 2.25. The molecule has 8 atom stereocenters. The van der Waals surface area contributed by atoms with Gasteiger partial charge < -0.3 is 49.0 Å². The van der Waals surface area contributed by atoms with Crippen LogP contribution in [0, 0.1) is 0 Å².